The lowest BCUT2D eigenvalue weighted by atomic mass is 9.97. The first-order valence-electron chi connectivity index (χ1n) is 6.35. The molecule has 1 unspecified atom stereocenters. The Labute approximate surface area is 110 Å². The first-order chi connectivity index (χ1) is 9.22. The zero-order valence-corrected chi connectivity index (χ0v) is 10.6. The summed E-state index contributed by atoms with van der Waals surface area (Å²) in [6, 6.07) is 0. The van der Waals surface area contributed by atoms with Crippen molar-refractivity contribution in [3.63, 3.8) is 0 Å². The van der Waals surface area contributed by atoms with Gasteiger partial charge in [0.25, 0.3) is 5.91 Å². The van der Waals surface area contributed by atoms with Crippen LogP contribution in [0.4, 0.5) is 0 Å². The van der Waals surface area contributed by atoms with E-state index in [1.807, 2.05) is 0 Å². The number of aromatic nitrogens is 3. The van der Waals surface area contributed by atoms with Gasteiger partial charge in [-0.3, -0.25) is 9.59 Å². The zero-order valence-electron chi connectivity index (χ0n) is 10.6. The fourth-order valence-electron chi connectivity index (χ4n) is 2.18. The highest BCUT2D eigenvalue weighted by molar-refractivity contribution is 5.92. The molecule has 1 aliphatic heterocycles. The number of amides is 2. The fraction of sp³-hybridized carbons (Fsp3) is 0.636. The third-order valence-electron chi connectivity index (χ3n) is 3.16. The van der Waals surface area contributed by atoms with Gasteiger partial charge < -0.3 is 16.0 Å². The minimum absolute atomic E-state index is 0.0388. The van der Waals surface area contributed by atoms with Gasteiger partial charge in [0.15, 0.2) is 5.69 Å². The highest BCUT2D eigenvalue weighted by atomic mass is 16.2. The van der Waals surface area contributed by atoms with Crippen LogP contribution in [0.3, 0.4) is 0 Å². The Hall–Kier alpha value is -1.96. The standard InChI is InChI=1S/C11H18N6O2/c12-3-4-13-10(18)8-2-1-5-17(7-8)11(19)9-6-14-16-15-9/h6,8H,1-5,7,12H2,(H,13,18)(H,14,15,16). The summed E-state index contributed by atoms with van der Waals surface area (Å²) in [5, 5.41) is 12.6. The summed E-state index contributed by atoms with van der Waals surface area (Å²) in [5.41, 5.74) is 5.63. The molecule has 1 atom stereocenters. The average Bonchev–Trinajstić information content (AvgIpc) is 2.98. The molecule has 8 heteroatoms. The van der Waals surface area contributed by atoms with E-state index in [0.717, 1.165) is 12.8 Å². The summed E-state index contributed by atoms with van der Waals surface area (Å²) in [5.74, 6) is -0.399. The highest BCUT2D eigenvalue weighted by Crippen LogP contribution is 2.18. The molecule has 0 spiro atoms. The smallest absolute Gasteiger partial charge is 0.276 e. The zero-order chi connectivity index (χ0) is 13.7. The van der Waals surface area contributed by atoms with E-state index in [0.29, 0.717) is 26.2 Å². The van der Waals surface area contributed by atoms with Gasteiger partial charge in [-0.2, -0.15) is 15.4 Å². The third-order valence-corrected chi connectivity index (χ3v) is 3.16. The van der Waals surface area contributed by atoms with Crippen molar-refractivity contribution in [3.05, 3.63) is 11.9 Å². The Morgan fingerprint density at radius 2 is 2.42 bits per heavy atom. The van der Waals surface area contributed by atoms with Gasteiger partial charge in [-0.05, 0) is 12.8 Å². The van der Waals surface area contributed by atoms with Crippen molar-refractivity contribution < 1.29 is 9.59 Å². The molecule has 0 radical (unpaired) electrons. The van der Waals surface area contributed by atoms with Gasteiger partial charge in [0.1, 0.15) is 0 Å². The van der Waals surface area contributed by atoms with Crippen molar-refractivity contribution in [1.29, 1.82) is 0 Å². The molecule has 0 bridgehead atoms. The van der Waals surface area contributed by atoms with Gasteiger partial charge in [0, 0.05) is 26.2 Å². The summed E-state index contributed by atoms with van der Waals surface area (Å²) in [6.45, 7) is 1.95. The molecule has 104 valence electrons. The lowest BCUT2D eigenvalue weighted by molar-refractivity contribution is -0.126. The van der Waals surface area contributed by atoms with Crippen LogP contribution in [0, 0.1) is 5.92 Å². The monoisotopic (exact) mass is 266 g/mol. The molecule has 0 saturated carbocycles. The van der Waals surface area contributed by atoms with Crippen LogP contribution in [-0.2, 0) is 4.79 Å². The second-order valence-corrected chi connectivity index (χ2v) is 4.53. The molecule has 1 saturated heterocycles. The number of nitrogens with one attached hydrogen (secondary N) is 2. The maximum Gasteiger partial charge on any atom is 0.276 e. The summed E-state index contributed by atoms with van der Waals surface area (Å²) in [7, 11) is 0. The van der Waals surface area contributed by atoms with E-state index in [1.165, 1.54) is 6.20 Å². The number of likely N-dealkylation sites (tertiary alicyclic amines) is 1. The molecule has 2 heterocycles. The Morgan fingerprint density at radius 3 is 3.11 bits per heavy atom. The van der Waals surface area contributed by atoms with Crippen LogP contribution in [0.5, 0.6) is 0 Å². The lowest BCUT2D eigenvalue weighted by Crippen LogP contribution is -2.46. The van der Waals surface area contributed by atoms with E-state index in [-0.39, 0.29) is 23.4 Å². The Morgan fingerprint density at radius 1 is 1.58 bits per heavy atom. The van der Waals surface area contributed by atoms with Crippen molar-refractivity contribution in [2.75, 3.05) is 26.2 Å². The Kier molecular flexibility index (Phi) is 4.45. The molecule has 4 N–H and O–H groups in total. The van der Waals surface area contributed by atoms with Gasteiger partial charge in [0.05, 0.1) is 12.1 Å². The van der Waals surface area contributed by atoms with Crippen LogP contribution in [0.2, 0.25) is 0 Å². The van der Waals surface area contributed by atoms with E-state index in [4.69, 9.17) is 5.73 Å². The number of nitrogens with zero attached hydrogens (tertiary/aromatic N) is 3. The average molecular weight is 266 g/mol. The van der Waals surface area contributed by atoms with E-state index in [9.17, 15) is 9.59 Å². The van der Waals surface area contributed by atoms with Gasteiger partial charge in [-0.15, -0.1) is 0 Å². The predicted molar refractivity (Wildman–Crippen MR) is 67.1 cm³/mol. The Bertz CT molecular complexity index is 432. The molecule has 1 aromatic rings. The SMILES string of the molecule is NCCNC(=O)C1CCCN(C(=O)c2cn[nH]n2)C1. The van der Waals surface area contributed by atoms with E-state index >= 15 is 0 Å². The molecule has 2 rings (SSSR count). The highest BCUT2D eigenvalue weighted by Gasteiger charge is 2.29. The summed E-state index contributed by atoms with van der Waals surface area (Å²) < 4.78 is 0. The molecule has 1 fully saturated rings. The molecule has 8 nitrogen and oxygen atoms in total. The number of carbonyl (C=O) groups excluding carboxylic acids is 2. The second-order valence-electron chi connectivity index (χ2n) is 4.53. The van der Waals surface area contributed by atoms with Crippen LogP contribution < -0.4 is 11.1 Å². The van der Waals surface area contributed by atoms with Gasteiger partial charge in [-0.1, -0.05) is 0 Å². The minimum Gasteiger partial charge on any atom is -0.355 e. The normalized spacial score (nSPS) is 19.2. The fourth-order valence-corrected chi connectivity index (χ4v) is 2.18. The number of carbonyl (C=O) groups is 2. The van der Waals surface area contributed by atoms with Gasteiger partial charge in [-0.25, -0.2) is 0 Å². The second kappa shape index (κ2) is 6.28. The van der Waals surface area contributed by atoms with E-state index < -0.39 is 0 Å². The maximum atomic E-state index is 12.1. The van der Waals surface area contributed by atoms with Crippen molar-refractivity contribution in [2.45, 2.75) is 12.8 Å². The quantitative estimate of drug-likeness (QED) is 0.628. The van der Waals surface area contributed by atoms with Crippen LogP contribution in [0.15, 0.2) is 6.20 Å². The minimum atomic E-state index is -0.190. The molecule has 0 aromatic carbocycles. The van der Waals surface area contributed by atoms with E-state index in [2.05, 4.69) is 20.7 Å². The lowest BCUT2D eigenvalue weighted by Gasteiger charge is -2.31. The number of nitrogens with two attached hydrogens (primary N) is 1. The van der Waals surface area contributed by atoms with Crippen LogP contribution in [0.25, 0.3) is 0 Å². The molecule has 1 aromatic heterocycles. The van der Waals surface area contributed by atoms with Crippen molar-refractivity contribution in [3.8, 4) is 0 Å². The van der Waals surface area contributed by atoms with Crippen LogP contribution in [-0.4, -0.2) is 58.3 Å². The first kappa shape index (κ1) is 13.5. The molecule has 19 heavy (non-hydrogen) atoms. The third kappa shape index (κ3) is 3.28. The number of piperidine rings is 1. The predicted octanol–water partition coefficient (Wildman–Crippen LogP) is -1.27. The Balaban J connectivity index is 1.93. The van der Waals surface area contributed by atoms with Gasteiger partial charge in [0.2, 0.25) is 5.91 Å². The van der Waals surface area contributed by atoms with Crippen molar-refractivity contribution in [2.24, 2.45) is 11.7 Å². The number of aromatic amines is 1. The largest absolute Gasteiger partial charge is 0.355 e. The molecule has 2 amide bonds. The molecule has 1 aliphatic rings. The van der Waals surface area contributed by atoms with Gasteiger partial charge >= 0.3 is 0 Å². The maximum absolute atomic E-state index is 12.1. The number of rotatable bonds is 4. The van der Waals surface area contributed by atoms with Crippen molar-refractivity contribution in [1.82, 2.24) is 25.6 Å². The summed E-state index contributed by atoms with van der Waals surface area (Å²) in [6.07, 6.45) is 2.99. The summed E-state index contributed by atoms with van der Waals surface area (Å²) >= 11 is 0. The molecular weight excluding hydrogens is 248 g/mol. The number of hydrogen-bond acceptors (Lipinski definition) is 5. The van der Waals surface area contributed by atoms with Crippen molar-refractivity contribution >= 4 is 11.8 Å². The van der Waals surface area contributed by atoms with Crippen LogP contribution >= 0.6 is 0 Å². The summed E-state index contributed by atoms with van der Waals surface area (Å²) in [4.78, 5) is 25.6. The van der Waals surface area contributed by atoms with E-state index in [1.54, 1.807) is 4.90 Å². The topological polar surface area (TPSA) is 117 Å². The molecule has 0 aliphatic carbocycles. The first-order valence-corrected chi connectivity index (χ1v) is 6.35. The van der Waals surface area contributed by atoms with Crippen LogP contribution in [0.1, 0.15) is 23.3 Å². The molecular formula is C11H18N6O2. The number of hydrogen-bond donors (Lipinski definition) is 3. The number of H-pyrrole nitrogens is 1.